The Hall–Kier alpha value is -1.80. The highest BCUT2D eigenvalue weighted by Crippen LogP contribution is 1.99. The number of amides is 1. The third kappa shape index (κ3) is 3.44. The molecule has 0 aromatic carbocycles. The number of ether oxygens (including phenoxy) is 1. The van der Waals surface area contributed by atoms with Crippen LogP contribution in [0.15, 0.2) is 18.3 Å². The molecule has 15 heavy (non-hydrogen) atoms. The molecule has 1 aromatic rings. The summed E-state index contributed by atoms with van der Waals surface area (Å²) < 4.78 is 6.40. The molecule has 0 fully saturated rings. The van der Waals surface area contributed by atoms with E-state index in [4.69, 9.17) is 10.00 Å². The van der Waals surface area contributed by atoms with Gasteiger partial charge in [-0.3, -0.25) is 4.79 Å². The molecule has 0 saturated heterocycles. The van der Waals surface area contributed by atoms with Crippen molar-refractivity contribution in [2.75, 3.05) is 20.3 Å². The van der Waals surface area contributed by atoms with Crippen molar-refractivity contribution in [3.63, 3.8) is 0 Å². The lowest BCUT2D eigenvalue weighted by atomic mass is 10.4. The van der Waals surface area contributed by atoms with Crippen molar-refractivity contribution in [2.45, 2.75) is 6.54 Å². The molecule has 1 heterocycles. The Balaban J connectivity index is 2.42. The van der Waals surface area contributed by atoms with Crippen molar-refractivity contribution in [1.82, 2.24) is 9.88 Å². The maximum atomic E-state index is 11.4. The van der Waals surface area contributed by atoms with Crippen LogP contribution in [-0.4, -0.2) is 30.7 Å². The third-order valence-electron chi connectivity index (χ3n) is 1.89. The number of aromatic nitrogens is 1. The van der Waals surface area contributed by atoms with Gasteiger partial charge >= 0.3 is 0 Å². The summed E-state index contributed by atoms with van der Waals surface area (Å²) >= 11 is 0. The number of carbonyl (C=O) groups excluding carboxylic acids is 1. The summed E-state index contributed by atoms with van der Waals surface area (Å²) in [7, 11) is 1.58. The molecule has 0 unspecified atom stereocenters. The molecule has 0 atom stereocenters. The van der Waals surface area contributed by atoms with E-state index >= 15 is 0 Å². The molecular weight excluding hydrogens is 194 g/mol. The Labute approximate surface area is 88.3 Å². The van der Waals surface area contributed by atoms with E-state index in [-0.39, 0.29) is 12.5 Å². The van der Waals surface area contributed by atoms with Gasteiger partial charge < -0.3 is 14.6 Å². The average molecular weight is 207 g/mol. The second kappa shape index (κ2) is 5.83. The van der Waals surface area contributed by atoms with Crippen LogP contribution in [-0.2, 0) is 16.1 Å². The zero-order valence-corrected chi connectivity index (χ0v) is 8.56. The minimum atomic E-state index is -0.125. The van der Waals surface area contributed by atoms with E-state index in [9.17, 15) is 4.79 Å². The molecule has 1 aromatic heterocycles. The fraction of sp³-hybridized carbons (Fsp3) is 0.400. The zero-order chi connectivity index (χ0) is 11.1. The smallest absolute Gasteiger partial charge is 0.240 e. The van der Waals surface area contributed by atoms with Gasteiger partial charge in [0.1, 0.15) is 18.3 Å². The van der Waals surface area contributed by atoms with E-state index in [1.807, 2.05) is 6.07 Å². The van der Waals surface area contributed by atoms with Crippen LogP contribution in [0.5, 0.6) is 0 Å². The molecule has 1 amide bonds. The van der Waals surface area contributed by atoms with Crippen molar-refractivity contribution >= 4 is 5.91 Å². The lowest BCUT2D eigenvalue weighted by molar-refractivity contribution is -0.121. The summed E-state index contributed by atoms with van der Waals surface area (Å²) in [5, 5.41) is 11.4. The molecule has 5 nitrogen and oxygen atoms in total. The largest absolute Gasteiger partial charge is 0.383 e. The molecule has 80 valence electrons. The number of nitrogens with zero attached hydrogens (tertiary/aromatic N) is 2. The molecule has 0 aliphatic heterocycles. The second-order valence-electron chi connectivity index (χ2n) is 2.98. The average Bonchev–Trinajstić information content (AvgIpc) is 2.65. The number of hydrogen-bond donors (Lipinski definition) is 1. The maximum Gasteiger partial charge on any atom is 0.240 e. The van der Waals surface area contributed by atoms with Gasteiger partial charge in [0.05, 0.1) is 6.61 Å². The molecule has 0 saturated carbocycles. The highest BCUT2D eigenvalue weighted by molar-refractivity contribution is 5.75. The van der Waals surface area contributed by atoms with E-state index in [0.717, 1.165) is 0 Å². The number of methoxy groups -OCH3 is 1. The molecule has 1 N–H and O–H groups in total. The van der Waals surface area contributed by atoms with E-state index in [1.54, 1.807) is 30.0 Å². The molecule has 0 aliphatic carbocycles. The van der Waals surface area contributed by atoms with Gasteiger partial charge in [0.15, 0.2) is 0 Å². The van der Waals surface area contributed by atoms with Crippen molar-refractivity contribution in [1.29, 1.82) is 5.26 Å². The van der Waals surface area contributed by atoms with E-state index < -0.39 is 0 Å². The van der Waals surface area contributed by atoms with Crippen LogP contribution in [0.4, 0.5) is 0 Å². The van der Waals surface area contributed by atoms with Gasteiger partial charge in [-0.1, -0.05) is 0 Å². The normalized spacial score (nSPS) is 9.60. The summed E-state index contributed by atoms with van der Waals surface area (Å²) in [6.45, 7) is 1.14. The minimum Gasteiger partial charge on any atom is -0.383 e. The maximum absolute atomic E-state index is 11.4. The Morgan fingerprint density at radius 1 is 1.73 bits per heavy atom. The quantitative estimate of drug-likeness (QED) is 0.697. The Kier molecular flexibility index (Phi) is 4.38. The first-order valence-corrected chi connectivity index (χ1v) is 4.59. The molecule has 0 radical (unpaired) electrons. The molecular formula is C10H13N3O2. The number of hydrogen-bond acceptors (Lipinski definition) is 3. The number of rotatable bonds is 5. The van der Waals surface area contributed by atoms with E-state index in [2.05, 4.69) is 5.32 Å². The van der Waals surface area contributed by atoms with E-state index in [0.29, 0.717) is 18.8 Å². The molecule has 0 spiro atoms. The SMILES string of the molecule is COCCNC(=O)Cn1cccc1C#N. The van der Waals surface area contributed by atoms with Crippen LogP contribution in [0.3, 0.4) is 0 Å². The molecule has 5 heteroatoms. The fourth-order valence-electron chi connectivity index (χ4n) is 1.16. The van der Waals surface area contributed by atoms with Gasteiger partial charge in [0.25, 0.3) is 0 Å². The third-order valence-corrected chi connectivity index (χ3v) is 1.89. The monoisotopic (exact) mass is 207 g/mol. The van der Waals surface area contributed by atoms with E-state index in [1.165, 1.54) is 0 Å². The van der Waals surface area contributed by atoms with Crippen molar-refractivity contribution < 1.29 is 9.53 Å². The summed E-state index contributed by atoms with van der Waals surface area (Å²) in [5.74, 6) is -0.125. The molecule has 0 aliphatic rings. The van der Waals surface area contributed by atoms with Crippen molar-refractivity contribution in [3.05, 3.63) is 24.0 Å². The predicted octanol–water partition coefficient (Wildman–Crippen LogP) is 0.122. The van der Waals surface area contributed by atoms with Gasteiger partial charge in [0, 0.05) is 19.9 Å². The van der Waals surface area contributed by atoms with Crippen LogP contribution < -0.4 is 5.32 Å². The topological polar surface area (TPSA) is 67.0 Å². The molecule has 0 bridgehead atoms. The van der Waals surface area contributed by atoms with Gasteiger partial charge in [-0.15, -0.1) is 0 Å². The van der Waals surface area contributed by atoms with Gasteiger partial charge in [-0.2, -0.15) is 5.26 Å². The first kappa shape index (κ1) is 11.3. The predicted molar refractivity (Wildman–Crippen MR) is 54.0 cm³/mol. The number of nitrogens with one attached hydrogen (secondary N) is 1. The summed E-state index contributed by atoms with van der Waals surface area (Å²) in [6, 6.07) is 5.41. The minimum absolute atomic E-state index is 0.125. The van der Waals surface area contributed by atoms with Crippen LogP contribution >= 0.6 is 0 Å². The van der Waals surface area contributed by atoms with Crippen LogP contribution in [0.2, 0.25) is 0 Å². The van der Waals surface area contributed by atoms with Crippen LogP contribution in [0.25, 0.3) is 0 Å². The summed E-state index contributed by atoms with van der Waals surface area (Å²) in [4.78, 5) is 11.4. The summed E-state index contributed by atoms with van der Waals surface area (Å²) in [6.07, 6.45) is 1.70. The highest BCUT2D eigenvalue weighted by Gasteiger charge is 2.04. The lowest BCUT2D eigenvalue weighted by Gasteiger charge is -2.06. The lowest BCUT2D eigenvalue weighted by Crippen LogP contribution is -2.30. The Bertz CT molecular complexity index is 365. The Morgan fingerprint density at radius 2 is 2.53 bits per heavy atom. The molecule has 1 rings (SSSR count). The van der Waals surface area contributed by atoms with Crippen LogP contribution in [0, 0.1) is 11.3 Å². The fourth-order valence-corrected chi connectivity index (χ4v) is 1.16. The Morgan fingerprint density at radius 3 is 3.20 bits per heavy atom. The van der Waals surface area contributed by atoms with Crippen LogP contribution in [0.1, 0.15) is 5.69 Å². The van der Waals surface area contributed by atoms with Gasteiger partial charge in [-0.05, 0) is 12.1 Å². The summed E-state index contributed by atoms with van der Waals surface area (Å²) in [5.41, 5.74) is 0.483. The van der Waals surface area contributed by atoms with Gasteiger partial charge in [-0.25, -0.2) is 0 Å². The second-order valence-corrected chi connectivity index (χ2v) is 2.98. The number of nitriles is 1. The first-order valence-electron chi connectivity index (χ1n) is 4.59. The number of carbonyl (C=O) groups is 1. The standard InChI is InChI=1S/C10H13N3O2/c1-15-6-4-12-10(14)8-13-5-2-3-9(13)7-11/h2-3,5H,4,6,8H2,1H3,(H,12,14). The van der Waals surface area contributed by atoms with Crippen molar-refractivity contribution in [2.24, 2.45) is 0 Å². The highest BCUT2D eigenvalue weighted by atomic mass is 16.5. The zero-order valence-electron chi connectivity index (χ0n) is 8.56. The first-order chi connectivity index (χ1) is 7.27. The van der Waals surface area contributed by atoms with Crippen molar-refractivity contribution in [3.8, 4) is 6.07 Å². The van der Waals surface area contributed by atoms with Gasteiger partial charge in [0.2, 0.25) is 5.91 Å².